The van der Waals surface area contributed by atoms with E-state index in [1.165, 1.54) is 10.8 Å². The highest BCUT2D eigenvalue weighted by molar-refractivity contribution is 6.12. The third-order valence-electron chi connectivity index (χ3n) is 4.00. The van der Waals surface area contributed by atoms with Crippen LogP contribution in [0.3, 0.4) is 0 Å². The van der Waals surface area contributed by atoms with Crippen molar-refractivity contribution in [3.05, 3.63) is 67.1 Å². The Kier molecular flexibility index (Phi) is 1.92. The zero-order valence-electron chi connectivity index (χ0n) is 11.2. The van der Waals surface area contributed by atoms with Gasteiger partial charge in [-0.1, -0.05) is 24.3 Å². The number of rotatable bonds is 0. The monoisotopic (exact) mass is 272 g/mol. The van der Waals surface area contributed by atoms with Crippen LogP contribution in [-0.2, 0) is 0 Å². The van der Waals surface area contributed by atoms with Gasteiger partial charge in [-0.05, 0) is 30.3 Å². The molecule has 0 radical (unpaired) electrons. The van der Waals surface area contributed by atoms with Crippen molar-refractivity contribution >= 4 is 33.0 Å². The maximum absolute atomic E-state index is 4.66. The molecule has 100 valence electrons. The first-order valence-electron chi connectivity index (χ1n) is 6.92. The molecular formula is C17H12N4. The van der Waals surface area contributed by atoms with Crippen molar-refractivity contribution in [2.24, 2.45) is 0 Å². The SMILES string of the molecule is c1ccc2cccc3c4ccc5c3c(ncn5[nH]4)n2cc1. The lowest BCUT2D eigenvalue weighted by molar-refractivity contribution is 0.919. The molecule has 6 aromatic rings. The maximum Gasteiger partial charge on any atom is 0.149 e. The highest BCUT2D eigenvalue weighted by Crippen LogP contribution is 2.28. The van der Waals surface area contributed by atoms with E-state index in [1.54, 1.807) is 0 Å². The van der Waals surface area contributed by atoms with Gasteiger partial charge in [-0.3, -0.25) is 5.10 Å². The molecule has 0 saturated carbocycles. The minimum absolute atomic E-state index is 0.964. The largest absolute Gasteiger partial charge is 0.301 e. The van der Waals surface area contributed by atoms with Crippen molar-refractivity contribution in [1.29, 1.82) is 0 Å². The van der Waals surface area contributed by atoms with Crippen molar-refractivity contribution < 1.29 is 0 Å². The van der Waals surface area contributed by atoms with Gasteiger partial charge in [0.15, 0.2) is 0 Å². The predicted molar refractivity (Wildman–Crippen MR) is 84.3 cm³/mol. The number of aromatic amines is 1. The highest BCUT2D eigenvalue weighted by Gasteiger charge is 2.10. The molecule has 4 heteroatoms. The van der Waals surface area contributed by atoms with Crippen molar-refractivity contribution in [3.63, 3.8) is 0 Å². The van der Waals surface area contributed by atoms with Gasteiger partial charge in [0.05, 0.1) is 16.4 Å². The summed E-state index contributed by atoms with van der Waals surface area (Å²) < 4.78 is 4.11. The third-order valence-corrected chi connectivity index (χ3v) is 4.00. The normalized spacial score (nSPS) is 11.8. The number of hydrogen-bond acceptors (Lipinski definition) is 1. The van der Waals surface area contributed by atoms with Gasteiger partial charge >= 0.3 is 0 Å². The van der Waals surface area contributed by atoms with Crippen LogP contribution in [0.4, 0.5) is 0 Å². The Morgan fingerprint density at radius 2 is 1.86 bits per heavy atom. The molecule has 0 spiro atoms. The van der Waals surface area contributed by atoms with Crippen LogP contribution in [0.2, 0.25) is 0 Å². The summed E-state index contributed by atoms with van der Waals surface area (Å²) in [4.78, 5) is 4.66. The van der Waals surface area contributed by atoms with E-state index in [9.17, 15) is 0 Å². The second-order valence-corrected chi connectivity index (χ2v) is 5.18. The summed E-state index contributed by atoms with van der Waals surface area (Å²) in [7, 11) is 0. The molecule has 6 rings (SSSR count). The molecule has 0 aliphatic heterocycles. The van der Waals surface area contributed by atoms with Crippen molar-refractivity contribution in [2.75, 3.05) is 0 Å². The van der Waals surface area contributed by atoms with Gasteiger partial charge < -0.3 is 4.40 Å². The van der Waals surface area contributed by atoms with E-state index in [0.717, 1.165) is 22.2 Å². The Bertz CT molecular complexity index is 1140. The van der Waals surface area contributed by atoms with Crippen LogP contribution < -0.4 is 0 Å². The molecule has 21 heavy (non-hydrogen) atoms. The Balaban J connectivity index is 2.24. The molecule has 0 atom stereocenters. The molecule has 0 aliphatic rings. The average Bonchev–Trinajstić information content (AvgIpc) is 2.73. The molecule has 0 fully saturated rings. The minimum atomic E-state index is 0.964. The summed E-state index contributed by atoms with van der Waals surface area (Å²) >= 11 is 0. The molecule has 5 heterocycles. The smallest absolute Gasteiger partial charge is 0.149 e. The molecule has 0 saturated heterocycles. The van der Waals surface area contributed by atoms with Crippen LogP contribution >= 0.6 is 0 Å². The summed E-state index contributed by atoms with van der Waals surface area (Å²) in [6.07, 6.45) is 3.89. The Morgan fingerprint density at radius 3 is 2.86 bits per heavy atom. The molecule has 0 amide bonds. The molecule has 1 N–H and O–H groups in total. The molecular weight excluding hydrogens is 260 g/mol. The predicted octanol–water partition coefficient (Wildman–Crippen LogP) is 3.78. The van der Waals surface area contributed by atoms with Gasteiger partial charge in [0, 0.05) is 17.1 Å². The first-order valence-corrected chi connectivity index (χ1v) is 6.92. The van der Waals surface area contributed by atoms with Crippen molar-refractivity contribution in [1.82, 2.24) is 19.0 Å². The maximum atomic E-state index is 4.66. The number of benzene rings is 1. The van der Waals surface area contributed by atoms with Gasteiger partial charge in [0.2, 0.25) is 0 Å². The number of H-pyrrole nitrogens is 1. The number of nitrogens with one attached hydrogen (secondary N) is 1. The molecule has 1 aromatic carbocycles. The van der Waals surface area contributed by atoms with Crippen LogP contribution in [0.15, 0.2) is 67.1 Å². The average molecular weight is 272 g/mol. The van der Waals surface area contributed by atoms with E-state index in [4.69, 9.17) is 0 Å². The van der Waals surface area contributed by atoms with Gasteiger partial charge in [-0.15, -0.1) is 0 Å². The molecule has 0 aliphatic carbocycles. The Morgan fingerprint density at radius 1 is 0.905 bits per heavy atom. The van der Waals surface area contributed by atoms with E-state index >= 15 is 0 Å². The standard InChI is InChI=1S/C17H12N4/c1-2-5-12-6-4-7-13-14-8-9-15-16(13)17(20(12)10-3-1)18-11-21(15)19-14/h1-11,19H. The lowest BCUT2D eigenvalue weighted by Gasteiger charge is -2.13. The minimum Gasteiger partial charge on any atom is -0.301 e. The van der Waals surface area contributed by atoms with Crippen molar-refractivity contribution in [2.45, 2.75) is 0 Å². The fraction of sp³-hybridized carbons (Fsp3) is 0. The quantitative estimate of drug-likeness (QED) is 0.457. The third kappa shape index (κ3) is 1.36. The number of hydrogen-bond donors (Lipinski definition) is 1. The lowest BCUT2D eigenvalue weighted by Crippen LogP contribution is -2.03. The second-order valence-electron chi connectivity index (χ2n) is 5.18. The summed E-state index contributed by atoms with van der Waals surface area (Å²) in [5.41, 5.74) is 4.32. The van der Waals surface area contributed by atoms with E-state index < -0.39 is 0 Å². The number of nitrogens with zero attached hydrogens (tertiary/aromatic N) is 3. The first kappa shape index (κ1) is 10.7. The fourth-order valence-corrected chi connectivity index (χ4v) is 3.05. The summed E-state index contributed by atoms with van der Waals surface area (Å²) in [6, 6.07) is 18.8. The first-order chi connectivity index (χ1) is 10.4. The zero-order valence-corrected chi connectivity index (χ0v) is 11.2. The lowest BCUT2D eigenvalue weighted by atomic mass is 10.1. The molecule has 0 unspecified atom stereocenters. The summed E-state index contributed by atoms with van der Waals surface area (Å²) in [5, 5.41) is 5.72. The Labute approximate surface area is 119 Å². The summed E-state index contributed by atoms with van der Waals surface area (Å²) in [6.45, 7) is 0. The van der Waals surface area contributed by atoms with E-state index in [0.29, 0.717) is 0 Å². The van der Waals surface area contributed by atoms with E-state index in [1.807, 2.05) is 29.0 Å². The van der Waals surface area contributed by atoms with Gasteiger partial charge in [-0.2, -0.15) is 0 Å². The van der Waals surface area contributed by atoms with Gasteiger partial charge in [-0.25, -0.2) is 9.50 Å². The number of aromatic nitrogens is 4. The van der Waals surface area contributed by atoms with Crippen LogP contribution in [0.25, 0.3) is 33.0 Å². The molecule has 4 bridgehead atoms. The van der Waals surface area contributed by atoms with Crippen LogP contribution in [0, 0.1) is 0 Å². The van der Waals surface area contributed by atoms with E-state index in [2.05, 4.69) is 57.1 Å². The van der Waals surface area contributed by atoms with Crippen LogP contribution in [0.1, 0.15) is 0 Å². The second kappa shape index (κ2) is 3.76. The molecule has 4 nitrogen and oxygen atoms in total. The highest BCUT2D eigenvalue weighted by atomic mass is 15.2. The van der Waals surface area contributed by atoms with Crippen molar-refractivity contribution in [3.8, 4) is 0 Å². The number of fused-ring (bicyclic) bond motifs is 3. The zero-order chi connectivity index (χ0) is 13.8. The molecule has 5 aromatic heterocycles. The van der Waals surface area contributed by atoms with Gasteiger partial charge in [0.1, 0.15) is 12.0 Å². The Hall–Kier alpha value is -3.01. The van der Waals surface area contributed by atoms with Crippen LogP contribution in [-0.4, -0.2) is 19.0 Å². The fourth-order valence-electron chi connectivity index (χ4n) is 3.05. The van der Waals surface area contributed by atoms with Gasteiger partial charge in [0.25, 0.3) is 0 Å². The topological polar surface area (TPSA) is 37.5 Å². The van der Waals surface area contributed by atoms with Crippen LogP contribution in [0.5, 0.6) is 0 Å². The van der Waals surface area contributed by atoms with E-state index in [-0.39, 0.29) is 0 Å². The summed E-state index contributed by atoms with van der Waals surface area (Å²) in [5.74, 6) is 0.